The molecule has 1 heterocycles. The largest absolute Gasteiger partial charge is 0.310 e. The molecule has 0 spiro atoms. The highest BCUT2D eigenvalue weighted by Crippen LogP contribution is 2.28. The van der Waals surface area contributed by atoms with Crippen molar-refractivity contribution in [1.29, 1.82) is 0 Å². The van der Waals surface area contributed by atoms with Crippen LogP contribution in [0, 0.1) is 5.92 Å². The van der Waals surface area contributed by atoms with Crippen molar-refractivity contribution in [3.8, 4) is 0 Å². The molecule has 1 unspecified atom stereocenters. The van der Waals surface area contributed by atoms with Crippen molar-refractivity contribution >= 4 is 12.4 Å². The Labute approximate surface area is 67.8 Å². The maximum atomic E-state index is 13.2. The summed E-state index contributed by atoms with van der Waals surface area (Å²) in [5.41, 5.74) is -0.880. The van der Waals surface area contributed by atoms with Crippen LogP contribution in [0.3, 0.4) is 0 Å². The summed E-state index contributed by atoms with van der Waals surface area (Å²) in [5, 5.41) is 2.94. The summed E-state index contributed by atoms with van der Waals surface area (Å²) in [6.07, 6.45) is 0.943. The lowest BCUT2D eigenvalue weighted by molar-refractivity contribution is 0.0301. The molecular weight excluding hydrogens is 153 g/mol. The lowest BCUT2D eigenvalue weighted by atomic mass is 9.84. The fourth-order valence-electron chi connectivity index (χ4n) is 1.08. The zero-order valence-corrected chi connectivity index (χ0v) is 7.30. The Kier molecular flexibility index (Phi) is 3.60. The van der Waals surface area contributed by atoms with Crippen LogP contribution in [0.4, 0.5) is 4.39 Å². The minimum atomic E-state index is -0.880. The Hall–Kier alpha value is 0.180. The molecule has 1 aliphatic rings. The van der Waals surface area contributed by atoms with Crippen molar-refractivity contribution in [3.63, 3.8) is 0 Å². The molecule has 3 heteroatoms. The van der Waals surface area contributed by atoms with Gasteiger partial charge in [-0.2, -0.15) is 0 Å². The molecule has 0 aromatic carbocycles. The fraction of sp³-hybridized carbons (Fsp3) is 1.00. The zero-order valence-electron chi connectivity index (χ0n) is 6.48. The predicted molar refractivity (Wildman–Crippen MR) is 43.4 cm³/mol. The lowest BCUT2D eigenvalue weighted by Crippen LogP contribution is -2.59. The second-order valence-corrected chi connectivity index (χ2v) is 2.95. The van der Waals surface area contributed by atoms with E-state index >= 15 is 0 Å². The van der Waals surface area contributed by atoms with Crippen molar-refractivity contribution < 1.29 is 4.39 Å². The number of alkyl halides is 1. The highest BCUT2D eigenvalue weighted by molar-refractivity contribution is 5.85. The molecule has 0 bridgehead atoms. The van der Waals surface area contributed by atoms with E-state index in [-0.39, 0.29) is 18.3 Å². The summed E-state index contributed by atoms with van der Waals surface area (Å²) in [6.45, 7) is 5.12. The van der Waals surface area contributed by atoms with Crippen LogP contribution in [0.15, 0.2) is 0 Å². The van der Waals surface area contributed by atoms with Gasteiger partial charge in [0.25, 0.3) is 0 Å². The number of nitrogens with one attached hydrogen (secondary N) is 1. The third-order valence-corrected chi connectivity index (χ3v) is 2.33. The van der Waals surface area contributed by atoms with Gasteiger partial charge in [-0.3, -0.25) is 0 Å². The first-order chi connectivity index (χ1) is 4.19. The first kappa shape index (κ1) is 10.2. The van der Waals surface area contributed by atoms with Crippen molar-refractivity contribution in [2.24, 2.45) is 5.92 Å². The number of hydrogen-bond acceptors (Lipinski definition) is 1. The van der Waals surface area contributed by atoms with E-state index in [1.165, 1.54) is 0 Å². The molecular formula is C7H15ClFN. The van der Waals surface area contributed by atoms with Crippen molar-refractivity contribution in [1.82, 2.24) is 5.32 Å². The maximum Gasteiger partial charge on any atom is 0.138 e. The van der Waals surface area contributed by atoms with Gasteiger partial charge in [-0.1, -0.05) is 20.3 Å². The average molecular weight is 168 g/mol. The van der Waals surface area contributed by atoms with Gasteiger partial charge in [-0.15, -0.1) is 12.4 Å². The standard InChI is InChI=1S/C7H14FN.ClH/c1-3-6(2)7(8)4-9-5-7;/h6,9H,3-5H2,1-2H3;1H. The Morgan fingerprint density at radius 2 is 2.10 bits per heavy atom. The third kappa shape index (κ3) is 1.61. The van der Waals surface area contributed by atoms with Gasteiger partial charge in [0.2, 0.25) is 0 Å². The van der Waals surface area contributed by atoms with Crippen LogP contribution in [0.25, 0.3) is 0 Å². The number of halogens is 2. The van der Waals surface area contributed by atoms with E-state index in [2.05, 4.69) is 5.32 Å². The predicted octanol–water partition coefficient (Wildman–Crippen LogP) is 1.77. The van der Waals surface area contributed by atoms with E-state index < -0.39 is 5.67 Å². The number of rotatable bonds is 2. The normalized spacial score (nSPS) is 24.3. The molecule has 0 radical (unpaired) electrons. The fourth-order valence-corrected chi connectivity index (χ4v) is 1.08. The van der Waals surface area contributed by atoms with E-state index in [0.29, 0.717) is 13.1 Å². The summed E-state index contributed by atoms with van der Waals surface area (Å²) in [4.78, 5) is 0. The van der Waals surface area contributed by atoms with Crippen LogP contribution < -0.4 is 5.32 Å². The second kappa shape index (κ2) is 3.54. The van der Waals surface area contributed by atoms with Gasteiger partial charge < -0.3 is 5.32 Å². The molecule has 1 saturated heterocycles. The van der Waals surface area contributed by atoms with Crippen LogP contribution in [-0.2, 0) is 0 Å². The van der Waals surface area contributed by atoms with Crippen LogP contribution >= 0.6 is 12.4 Å². The molecule has 0 saturated carbocycles. The summed E-state index contributed by atoms with van der Waals surface area (Å²) in [6, 6.07) is 0. The highest BCUT2D eigenvalue weighted by atomic mass is 35.5. The summed E-state index contributed by atoms with van der Waals surface area (Å²) in [7, 11) is 0. The molecule has 1 atom stereocenters. The Morgan fingerprint density at radius 1 is 1.60 bits per heavy atom. The minimum absolute atomic E-state index is 0. The van der Waals surface area contributed by atoms with E-state index in [1.54, 1.807) is 0 Å². The second-order valence-electron chi connectivity index (χ2n) is 2.95. The third-order valence-electron chi connectivity index (χ3n) is 2.33. The molecule has 0 aliphatic carbocycles. The molecule has 1 rings (SSSR count). The SMILES string of the molecule is CCC(C)C1(F)CNC1.Cl. The topological polar surface area (TPSA) is 12.0 Å². The van der Waals surface area contributed by atoms with Gasteiger partial charge in [0.15, 0.2) is 0 Å². The molecule has 10 heavy (non-hydrogen) atoms. The van der Waals surface area contributed by atoms with Gasteiger partial charge >= 0.3 is 0 Å². The van der Waals surface area contributed by atoms with Crippen molar-refractivity contribution in [3.05, 3.63) is 0 Å². The summed E-state index contributed by atoms with van der Waals surface area (Å²) in [5.74, 6) is 0.221. The lowest BCUT2D eigenvalue weighted by Gasteiger charge is -2.39. The molecule has 62 valence electrons. The van der Waals surface area contributed by atoms with Gasteiger partial charge in [-0.25, -0.2) is 4.39 Å². The molecule has 1 nitrogen and oxygen atoms in total. The summed E-state index contributed by atoms with van der Waals surface area (Å²) < 4.78 is 13.2. The molecule has 1 aliphatic heterocycles. The molecule has 1 N–H and O–H groups in total. The first-order valence-electron chi connectivity index (χ1n) is 3.58. The molecule has 0 amide bonds. The average Bonchev–Trinajstić information content (AvgIpc) is 1.81. The number of hydrogen-bond donors (Lipinski definition) is 1. The van der Waals surface area contributed by atoms with E-state index in [1.807, 2.05) is 13.8 Å². The van der Waals surface area contributed by atoms with Crippen molar-refractivity contribution in [2.75, 3.05) is 13.1 Å². The van der Waals surface area contributed by atoms with Gasteiger partial charge in [0, 0.05) is 13.1 Å². The molecule has 1 fully saturated rings. The smallest absolute Gasteiger partial charge is 0.138 e. The molecule has 0 aromatic rings. The monoisotopic (exact) mass is 167 g/mol. The van der Waals surface area contributed by atoms with E-state index in [9.17, 15) is 4.39 Å². The van der Waals surface area contributed by atoms with Crippen LogP contribution in [0.5, 0.6) is 0 Å². The minimum Gasteiger partial charge on any atom is -0.310 e. The first-order valence-corrected chi connectivity index (χ1v) is 3.58. The van der Waals surface area contributed by atoms with Crippen LogP contribution in [-0.4, -0.2) is 18.8 Å². The van der Waals surface area contributed by atoms with Gasteiger partial charge in [0.1, 0.15) is 5.67 Å². The van der Waals surface area contributed by atoms with Gasteiger partial charge in [-0.05, 0) is 5.92 Å². The Balaban J connectivity index is 0.000000810. The molecule has 0 aromatic heterocycles. The van der Waals surface area contributed by atoms with Crippen LogP contribution in [0.2, 0.25) is 0 Å². The van der Waals surface area contributed by atoms with Gasteiger partial charge in [0.05, 0.1) is 0 Å². The summed E-state index contributed by atoms with van der Waals surface area (Å²) >= 11 is 0. The van der Waals surface area contributed by atoms with E-state index in [0.717, 1.165) is 6.42 Å². The quantitative estimate of drug-likeness (QED) is 0.661. The van der Waals surface area contributed by atoms with Crippen molar-refractivity contribution in [2.45, 2.75) is 25.9 Å². The maximum absolute atomic E-state index is 13.2. The Morgan fingerprint density at radius 3 is 2.20 bits per heavy atom. The Bertz CT molecular complexity index is 104. The van der Waals surface area contributed by atoms with E-state index in [4.69, 9.17) is 0 Å². The zero-order chi connectivity index (χ0) is 6.91. The van der Waals surface area contributed by atoms with Crippen LogP contribution in [0.1, 0.15) is 20.3 Å². The highest BCUT2D eigenvalue weighted by Gasteiger charge is 2.41.